The maximum atomic E-state index is 14.9. The summed E-state index contributed by atoms with van der Waals surface area (Å²) in [5.41, 5.74) is 0.0647. The molecule has 2 saturated carbocycles. The summed E-state index contributed by atoms with van der Waals surface area (Å²) >= 11 is 1.52. The molecule has 2 aromatic heterocycles. The van der Waals surface area contributed by atoms with Crippen molar-refractivity contribution in [1.82, 2.24) is 29.8 Å². The number of aromatic nitrogens is 2. The Hall–Kier alpha value is -4.71. The summed E-state index contributed by atoms with van der Waals surface area (Å²) in [7, 11) is -2.39. The molecule has 4 fully saturated rings. The molecule has 62 heavy (non-hydrogen) atoms. The summed E-state index contributed by atoms with van der Waals surface area (Å²) in [5.74, 6) is -6.19. The summed E-state index contributed by atoms with van der Waals surface area (Å²) in [5, 5.41) is 5.62. The Bertz CT molecular complexity index is 2400. The van der Waals surface area contributed by atoms with Gasteiger partial charge in [0.2, 0.25) is 27.7 Å². The predicted molar refractivity (Wildman–Crippen MR) is 230 cm³/mol. The molecule has 336 valence electrons. The average Bonchev–Trinajstić information content (AvgIpc) is 4.08. The standard InChI is InChI=1S/C44H56F2N6O8S2/c1-9-26-20-44(26,41(56)50-62(57,58)28-11-12-28)49-38(54)33-17-27(21-52(33)40(55)30(42(5,6)7)18-36(53)51-16-10-15-43(45,46)23-51)60-35-19-31(32-22-61-39(48-32)24(2)3)47-37-25(4)34(59-8)14-13-29(35)37/h9,13-14,19,22,24,26-28,30,33H,1,10-12,15-18,20-21,23H2,2-8H3,(H,49,54)(H,50,56)/t26?,27-,30?,33+,44-/m1/s1. The van der Waals surface area contributed by atoms with E-state index in [0.717, 1.165) is 15.5 Å². The Morgan fingerprint density at radius 2 is 1.84 bits per heavy atom. The van der Waals surface area contributed by atoms with Crippen LogP contribution >= 0.6 is 11.3 Å². The van der Waals surface area contributed by atoms with E-state index in [1.165, 1.54) is 22.3 Å². The summed E-state index contributed by atoms with van der Waals surface area (Å²) in [6.07, 6.45) is 1.01. The minimum absolute atomic E-state index is 0.0416. The first-order valence-corrected chi connectivity index (χ1v) is 23.6. The van der Waals surface area contributed by atoms with Crippen LogP contribution in [0.1, 0.15) is 96.1 Å². The number of amides is 4. The van der Waals surface area contributed by atoms with E-state index in [1.807, 2.05) is 18.4 Å². The second kappa shape index (κ2) is 16.8. The van der Waals surface area contributed by atoms with Gasteiger partial charge in [-0.15, -0.1) is 17.9 Å². The number of benzene rings is 1. The van der Waals surface area contributed by atoms with Gasteiger partial charge in [0.05, 0.1) is 53.3 Å². The average molecular weight is 899 g/mol. The van der Waals surface area contributed by atoms with Crippen molar-refractivity contribution in [3.8, 4) is 22.9 Å². The summed E-state index contributed by atoms with van der Waals surface area (Å²) in [6, 6.07) is 4.16. The largest absolute Gasteiger partial charge is 0.496 e. The van der Waals surface area contributed by atoms with E-state index in [1.54, 1.807) is 40.0 Å². The number of carbonyl (C=O) groups excluding carboxylic acids is 4. The second-order valence-electron chi connectivity index (χ2n) is 18.6. The van der Waals surface area contributed by atoms with Gasteiger partial charge in [-0.2, -0.15) is 0 Å². The molecular formula is C44H56F2N6O8S2. The highest BCUT2D eigenvalue weighted by molar-refractivity contribution is 7.91. The van der Waals surface area contributed by atoms with E-state index < -0.39 is 86.3 Å². The van der Waals surface area contributed by atoms with Gasteiger partial charge in [-0.1, -0.05) is 40.7 Å². The molecule has 18 heteroatoms. The number of likely N-dealkylation sites (tertiary alicyclic amines) is 2. The normalized spacial score (nSPS) is 24.1. The van der Waals surface area contributed by atoms with Crippen LogP contribution in [0.2, 0.25) is 0 Å². The molecule has 14 nitrogen and oxygen atoms in total. The van der Waals surface area contributed by atoms with E-state index in [-0.39, 0.29) is 51.1 Å². The lowest BCUT2D eigenvalue weighted by Gasteiger charge is -2.37. The van der Waals surface area contributed by atoms with Crippen molar-refractivity contribution < 1.29 is 45.9 Å². The Labute approximate surface area is 365 Å². The van der Waals surface area contributed by atoms with Crippen molar-refractivity contribution in [2.24, 2.45) is 17.3 Å². The molecule has 2 saturated heterocycles. The van der Waals surface area contributed by atoms with Gasteiger partial charge in [0.1, 0.15) is 29.2 Å². The first-order valence-electron chi connectivity index (χ1n) is 21.1. The number of aryl methyl sites for hydroxylation is 1. The molecule has 0 radical (unpaired) electrons. The maximum Gasteiger partial charge on any atom is 0.265 e. The lowest BCUT2D eigenvalue weighted by molar-refractivity contribution is -0.151. The molecule has 2 N–H and O–H groups in total. The lowest BCUT2D eigenvalue weighted by Crippen LogP contribution is -2.57. The molecule has 2 aliphatic heterocycles. The molecule has 2 aliphatic carbocycles. The van der Waals surface area contributed by atoms with Gasteiger partial charge >= 0.3 is 0 Å². The van der Waals surface area contributed by atoms with E-state index in [4.69, 9.17) is 19.4 Å². The van der Waals surface area contributed by atoms with Gasteiger partial charge in [-0.05, 0) is 50.2 Å². The minimum Gasteiger partial charge on any atom is -0.496 e. The van der Waals surface area contributed by atoms with Crippen LogP contribution in [0.4, 0.5) is 8.78 Å². The van der Waals surface area contributed by atoms with Crippen molar-refractivity contribution in [3.05, 3.63) is 46.8 Å². The number of ether oxygens (including phenoxy) is 2. The van der Waals surface area contributed by atoms with Crippen LogP contribution < -0.4 is 19.5 Å². The fourth-order valence-corrected chi connectivity index (χ4v) is 10.7. The third-order valence-electron chi connectivity index (χ3n) is 12.5. The number of methoxy groups -OCH3 is 1. The van der Waals surface area contributed by atoms with Crippen LogP contribution in [-0.4, -0.2) is 107 Å². The first-order chi connectivity index (χ1) is 29.1. The molecule has 1 aromatic carbocycles. The second-order valence-corrected chi connectivity index (χ2v) is 21.4. The molecule has 4 amide bonds. The Morgan fingerprint density at radius 3 is 2.44 bits per heavy atom. The number of fused-ring (bicyclic) bond motifs is 1. The van der Waals surface area contributed by atoms with Gasteiger partial charge in [0.25, 0.3) is 11.8 Å². The molecule has 4 aliphatic rings. The van der Waals surface area contributed by atoms with Gasteiger partial charge in [-0.3, -0.25) is 23.9 Å². The number of piperidine rings is 1. The molecular weight excluding hydrogens is 843 g/mol. The number of alkyl halides is 2. The quantitative estimate of drug-likeness (QED) is 0.179. The zero-order valence-corrected chi connectivity index (χ0v) is 37.9. The van der Waals surface area contributed by atoms with Crippen LogP contribution in [0, 0.1) is 24.2 Å². The number of nitrogens with one attached hydrogen (secondary N) is 2. The number of pyridine rings is 1. The number of sulfonamides is 1. The zero-order valence-electron chi connectivity index (χ0n) is 36.3. The molecule has 0 spiro atoms. The number of nitrogens with zero attached hydrogens (tertiary/aromatic N) is 4. The highest BCUT2D eigenvalue weighted by Crippen LogP contribution is 2.46. The molecule has 7 rings (SSSR count). The van der Waals surface area contributed by atoms with Crippen molar-refractivity contribution in [2.45, 2.75) is 121 Å². The van der Waals surface area contributed by atoms with Crippen LogP contribution in [0.3, 0.4) is 0 Å². The van der Waals surface area contributed by atoms with Crippen LogP contribution in [-0.2, 0) is 29.2 Å². The third-order valence-corrected chi connectivity index (χ3v) is 15.5. The SMILES string of the molecule is C=CC1C[C@]1(NC(=O)[C@@H]1C[C@@H](Oc2cc(-c3csc(C(C)C)n3)nc3c(C)c(OC)ccc23)CN1C(=O)C(CC(=O)N1CCCC(F)(F)C1)C(C)(C)C)C(=O)NS(=O)(=O)C1CC1. The fraction of sp³-hybridized carbons (Fsp3) is 0.591. The molecule has 3 aromatic rings. The number of halogens is 2. The van der Waals surface area contributed by atoms with Crippen molar-refractivity contribution >= 4 is 55.9 Å². The van der Waals surface area contributed by atoms with Crippen LogP contribution in [0.5, 0.6) is 11.5 Å². The van der Waals surface area contributed by atoms with E-state index in [9.17, 15) is 36.4 Å². The van der Waals surface area contributed by atoms with Crippen molar-refractivity contribution in [3.63, 3.8) is 0 Å². The summed E-state index contributed by atoms with van der Waals surface area (Å²) in [6.45, 7) is 14.4. The van der Waals surface area contributed by atoms with Gasteiger partial charge < -0.3 is 24.6 Å². The zero-order chi connectivity index (χ0) is 45.1. The van der Waals surface area contributed by atoms with E-state index in [0.29, 0.717) is 46.6 Å². The topological polar surface area (TPSA) is 177 Å². The highest BCUT2D eigenvalue weighted by Gasteiger charge is 2.62. The molecule has 5 atom stereocenters. The number of thiazole rings is 1. The Balaban J connectivity index is 1.23. The molecule has 2 unspecified atom stereocenters. The third kappa shape index (κ3) is 9.17. The Morgan fingerprint density at radius 1 is 1.11 bits per heavy atom. The number of hydrogen-bond acceptors (Lipinski definition) is 11. The highest BCUT2D eigenvalue weighted by atomic mass is 32.2. The number of hydrogen-bond donors (Lipinski definition) is 2. The summed E-state index contributed by atoms with van der Waals surface area (Å²) < 4.78 is 69.1. The molecule has 0 bridgehead atoms. The molecule has 4 heterocycles. The first kappa shape index (κ1) is 45.3. The fourth-order valence-electron chi connectivity index (χ4n) is 8.52. The predicted octanol–water partition coefficient (Wildman–Crippen LogP) is 6.13. The smallest absolute Gasteiger partial charge is 0.265 e. The summed E-state index contributed by atoms with van der Waals surface area (Å²) in [4.78, 5) is 69.2. The van der Waals surface area contributed by atoms with Crippen molar-refractivity contribution in [1.29, 1.82) is 0 Å². The van der Waals surface area contributed by atoms with E-state index in [2.05, 4.69) is 30.5 Å². The van der Waals surface area contributed by atoms with Crippen LogP contribution in [0.15, 0.2) is 36.2 Å². The lowest BCUT2D eigenvalue weighted by atomic mass is 9.77. The van der Waals surface area contributed by atoms with Crippen LogP contribution in [0.25, 0.3) is 22.3 Å². The van der Waals surface area contributed by atoms with E-state index >= 15 is 0 Å². The maximum absolute atomic E-state index is 14.9. The minimum atomic E-state index is -3.96. The van der Waals surface area contributed by atoms with Gasteiger partial charge in [0.15, 0.2) is 0 Å². The number of rotatable bonds is 14. The number of carbonyl (C=O) groups is 4. The van der Waals surface area contributed by atoms with Crippen molar-refractivity contribution in [2.75, 3.05) is 26.7 Å². The van der Waals surface area contributed by atoms with Gasteiger partial charge in [-0.25, -0.2) is 27.2 Å². The van der Waals surface area contributed by atoms with Gasteiger partial charge in [0, 0.05) is 60.0 Å². The monoisotopic (exact) mass is 898 g/mol. The Kier molecular flexibility index (Phi) is 12.3.